The van der Waals surface area contributed by atoms with E-state index in [0.717, 1.165) is 12.0 Å². The van der Waals surface area contributed by atoms with Crippen LogP contribution in [0.1, 0.15) is 63.2 Å². The van der Waals surface area contributed by atoms with Crippen LogP contribution in [0, 0.1) is 11.3 Å². The van der Waals surface area contributed by atoms with E-state index >= 15 is 0 Å². The van der Waals surface area contributed by atoms with Crippen LogP contribution < -0.4 is 11.1 Å². The molecule has 3 rings (SSSR count). The lowest BCUT2D eigenvalue weighted by atomic mass is 10.0. The molecule has 0 spiro atoms. The quantitative estimate of drug-likeness (QED) is 0.408. The number of carbonyl (C=O) groups excluding carboxylic acids is 1. The van der Waals surface area contributed by atoms with Crippen molar-refractivity contribution in [3.05, 3.63) is 77.6 Å². The number of nitrogens with zero attached hydrogens (tertiary/aromatic N) is 5. The van der Waals surface area contributed by atoms with Crippen LogP contribution in [0.2, 0.25) is 0 Å². The molecule has 1 unspecified atom stereocenters. The van der Waals surface area contributed by atoms with E-state index in [1.807, 2.05) is 60.7 Å². The first-order chi connectivity index (χ1) is 16.4. The fraction of sp³-hybridized carbons (Fsp3) is 0.423. The highest BCUT2D eigenvalue weighted by atomic mass is 16.5. The number of tetrazole rings is 1. The molecule has 3 aromatic rings. The van der Waals surface area contributed by atoms with Crippen molar-refractivity contribution in [2.75, 3.05) is 6.61 Å². The van der Waals surface area contributed by atoms with Crippen molar-refractivity contribution < 1.29 is 9.53 Å². The standard InChI is InChI=1S/C25H31N7O2.CH4/c1-25(2,27)24(33)28-22(18-34-17-20-11-7-4-8-12-20)23-29-31-32(30-23)21(15-16-26)14-13-19-9-5-3-6-10-19;/h3-12,21-22H,13-15,17-18,27H2,1-2H3,(H,28,33);1H4/t21?,22-;/m1./s1. The Kier molecular flexibility index (Phi) is 10.5. The van der Waals surface area contributed by atoms with Crippen LogP contribution in [0.25, 0.3) is 0 Å². The fourth-order valence-corrected chi connectivity index (χ4v) is 3.31. The molecule has 0 bridgehead atoms. The Labute approximate surface area is 207 Å². The lowest BCUT2D eigenvalue weighted by molar-refractivity contribution is -0.126. The first-order valence-corrected chi connectivity index (χ1v) is 11.3. The molecular formula is C26H35N7O2. The van der Waals surface area contributed by atoms with Crippen molar-refractivity contribution in [2.45, 2.75) is 64.8 Å². The Morgan fingerprint density at radius 2 is 1.77 bits per heavy atom. The summed E-state index contributed by atoms with van der Waals surface area (Å²) in [5.41, 5.74) is 7.07. The third-order valence-corrected chi connectivity index (χ3v) is 5.30. The molecule has 0 aliphatic heterocycles. The normalized spacial score (nSPS) is 12.7. The van der Waals surface area contributed by atoms with Gasteiger partial charge in [0.2, 0.25) is 5.91 Å². The molecule has 1 aromatic heterocycles. The van der Waals surface area contributed by atoms with Crippen molar-refractivity contribution in [3.63, 3.8) is 0 Å². The van der Waals surface area contributed by atoms with Gasteiger partial charge >= 0.3 is 0 Å². The van der Waals surface area contributed by atoms with Gasteiger partial charge in [-0.2, -0.15) is 10.1 Å². The molecule has 35 heavy (non-hydrogen) atoms. The van der Waals surface area contributed by atoms with Gasteiger partial charge in [0.15, 0.2) is 5.82 Å². The number of amides is 1. The molecule has 0 aliphatic rings. The Bertz CT molecular complexity index is 1070. The van der Waals surface area contributed by atoms with Crippen LogP contribution in [-0.4, -0.2) is 38.3 Å². The van der Waals surface area contributed by atoms with Crippen LogP contribution in [0.4, 0.5) is 0 Å². The summed E-state index contributed by atoms with van der Waals surface area (Å²) >= 11 is 0. The van der Waals surface area contributed by atoms with Crippen molar-refractivity contribution in [3.8, 4) is 6.07 Å². The van der Waals surface area contributed by atoms with Gasteiger partial charge in [-0.1, -0.05) is 68.1 Å². The van der Waals surface area contributed by atoms with E-state index in [0.29, 0.717) is 18.9 Å². The summed E-state index contributed by atoms with van der Waals surface area (Å²) in [5, 5.41) is 25.1. The highest BCUT2D eigenvalue weighted by molar-refractivity contribution is 5.85. The maximum absolute atomic E-state index is 12.6. The largest absolute Gasteiger partial charge is 0.374 e. The molecule has 0 radical (unpaired) electrons. The maximum Gasteiger partial charge on any atom is 0.240 e. The third kappa shape index (κ3) is 8.59. The first kappa shape index (κ1) is 27.6. The molecule has 1 amide bonds. The zero-order valence-corrected chi connectivity index (χ0v) is 19.6. The van der Waals surface area contributed by atoms with Gasteiger partial charge in [-0.3, -0.25) is 4.79 Å². The van der Waals surface area contributed by atoms with E-state index in [9.17, 15) is 10.1 Å². The Morgan fingerprint density at radius 3 is 2.37 bits per heavy atom. The van der Waals surface area contributed by atoms with Gasteiger partial charge in [-0.25, -0.2) is 0 Å². The van der Waals surface area contributed by atoms with E-state index in [2.05, 4.69) is 26.8 Å². The minimum atomic E-state index is -1.08. The predicted molar refractivity (Wildman–Crippen MR) is 134 cm³/mol. The lowest BCUT2D eigenvalue weighted by Crippen LogP contribution is -2.50. The van der Waals surface area contributed by atoms with Crippen molar-refractivity contribution >= 4 is 5.91 Å². The molecule has 0 fully saturated rings. The van der Waals surface area contributed by atoms with Crippen LogP contribution in [-0.2, 0) is 22.6 Å². The zero-order valence-electron chi connectivity index (χ0n) is 19.6. The van der Waals surface area contributed by atoms with Crippen molar-refractivity contribution in [1.82, 2.24) is 25.5 Å². The smallest absolute Gasteiger partial charge is 0.240 e. The van der Waals surface area contributed by atoms with Crippen molar-refractivity contribution in [2.24, 2.45) is 5.73 Å². The SMILES string of the molecule is C.CC(C)(N)C(=O)N[C@H](COCc1ccccc1)c1nnn(C(CC#N)CCc2ccccc2)n1. The van der Waals surface area contributed by atoms with Gasteiger partial charge in [-0.05, 0) is 43.0 Å². The molecule has 9 heteroatoms. The average Bonchev–Trinajstić information content (AvgIpc) is 3.32. The van der Waals surface area contributed by atoms with E-state index < -0.39 is 11.6 Å². The van der Waals surface area contributed by atoms with E-state index in [1.165, 1.54) is 10.4 Å². The van der Waals surface area contributed by atoms with Gasteiger partial charge in [0.1, 0.15) is 6.04 Å². The number of rotatable bonds is 12. The number of aromatic nitrogens is 4. The number of ether oxygens (including phenoxy) is 1. The van der Waals surface area contributed by atoms with E-state index in [-0.39, 0.29) is 32.4 Å². The summed E-state index contributed by atoms with van der Waals surface area (Å²) in [4.78, 5) is 14.0. The minimum absolute atomic E-state index is 0. The summed E-state index contributed by atoms with van der Waals surface area (Å²) in [5.74, 6) is -0.0388. The summed E-state index contributed by atoms with van der Waals surface area (Å²) in [6.45, 7) is 3.78. The third-order valence-electron chi connectivity index (χ3n) is 5.30. The molecule has 0 aliphatic carbocycles. The second-order valence-corrected chi connectivity index (χ2v) is 8.76. The Morgan fingerprint density at radius 1 is 1.14 bits per heavy atom. The average molecular weight is 478 g/mol. The number of nitrogens with two attached hydrogens (primary N) is 1. The Balaban J connectivity index is 0.00000432. The second-order valence-electron chi connectivity index (χ2n) is 8.76. The molecule has 0 saturated carbocycles. The Hall–Kier alpha value is -3.61. The van der Waals surface area contributed by atoms with Crippen LogP contribution in [0.15, 0.2) is 60.7 Å². The number of nitrogens with one attached hydrogen (secondary N) is 1. The monoisotopic (exact) mass is 477 g/mol. The second kappa shape index (κ2) is 13.3. The van der Waals surface area contributed by atoms with Gasteiger partial charge in [-0.15, -0.1) is 10.2 Å². The maximum atomic E-state index is 12.6. The summed E-state index contributed by atoms with van der Waals surface area (Å²) < 4.78 is 5.85. The highest BCUT2D eigenvalue weighted by Gasteiger charge is 2.28. The number of carbonyl (C=O) groups is 1. The van der Waals surface area contributed by atoms with Gasteiger partial charge in [0.25, 0.3) is 0 Å². The highest BCUT2D eigenvalue weighted by Crippen LogP contribution is 2.19. The molecule has 9 nitrogen and oxygen atoms in total. The number of hydrogen-bond donors (Lipinski definition) is 2. The number of aryl methyl sites for hydroxylation is 1. The minimum Gasteiger partial charge on any atom is -0.374 e. The fourth-order valence-electron chi connectivity index (χ4n) is 3.31. The summed E-state index contributed by atoms with van der Waals surface area (Å²) in [7, 11) is 0. The van der Waals surface area contributed by atoms with E-state index in [4.69, 9.17) is 10.5 Å². The van der Waals surface area contributed by atoms with E-state index in [1.54, 1.807) is 13.8 Å². The van der Waals surface area contributed by atoms with Gasteiger partial charge < -0.3 is 15.8 Å². The lowest BCUT2D eigenvalue weighted by Gasteiger charge is -2.22. The first-order valence-electron chi connectivity index (χ1n) is 11.3. The zero-order chi connectivity index (χ0) is 24.4. The van der Waals surface area contributed by atoms with Crippen molar-refractivity contribution in [1.29, 1.82) is 5.26 Å². The number of hydrogen-bond acceptors (Lipinski definition) is 7. The van der Waals surface area contributed by atoms with Gasteiger partial charge in [0, 0.05) is 0 Å². The van der Waals surface area contributed by atoms with Crippen LogP contribution in [0.3, 0.4) is 0 Å². The number of nitriles is 1. The van der Waals surface area contributed by atoms with Crippen LogP contribution in [0.5, 0.6) is 0 Å². The molecule has 2 aromatic carbocycles. The molecule has 186 valence electrons. The number of benzene rings is 2. The summed E-state index contributed by atoms with van der Waals surface area (Å²) in [6.07, 6.45) is 1.72. The predicted octanol–water partition coefficient (Wildman–Crippen LogP) is 3.51. The molecule has 3 N–H and O–H groups in total. The summed E-state index contributed by atoms with van der Waals surface area (Å²) in [6, 6.07) is 21.1. The molecule has 1 heterocycles. The molecular weight excluding hydrogens is 442 g/mol. The van der Waals surface area contributed by atoms with Gasteiger partial charge in [0.05, 0.1) is 37.3 Å². The topological polar surface area (TPSA) is 132 Å². The van der Waals surface area contributed by atoms with Crippen LogP contribution >= 0.6 is 0 Å². The molecule has 0 saturated heterocycles. The molecule has 2 atom stereocenters.